The molecule has 5 nitrogen and oxygen atoms in total. The Kier molecular flexibility index (Phi) is 6.45. The summed E-state index contributed by atoms with van der Waals surface area (Å²) in [5.74, 6) is -1.23. The van der Waals surface area contributed by atoms with Gasteiger partial charge < -0.3 is 15.4 Å². The van der Waals surface area contributed by atoms with Crippen LogP contribution < -0.4 is 5.48 Å². The average Bonchev–Trinajstić information content (AvgIpc) is 3.05. The van der Waals surface area contributed by atoms with E-state index in [2.05, 4.69) is 23.7 Å². The molecule has 0 saturated heterocycles. The lowest BCUT2D eigenvalue weighted by molar-refractivity contribution is -0.146. The standard InChI is InChI=1S/C10H11NOS.C8H8O3/c1-7(11-12)10-6-8-4-2-3-5-9(8)13-10;9-7(8(10)11)6-4-2-1-3-5-6/h2-7,11-12H,1H3;1-5,7,9H,(H,10,11)/t2*7-/m00/s1. The van der Waals surface area contributed by atoms with Crippen molar-refractivity contribution in [1.29, 1.82) is 0 Å². The van der Waals surface area contributed by atoms with Crippen molar-refractivity contribution in [3.63, 3.8) is 0 Å². The van der Waals surface area contributed by atoms with Crippen LogP contribution in [-0.4, -0.2) is 21.4 Å². The summed E-state index contributed by atoms with van der Waals surface area (Å²) in [5.41, 5.74) is 2.66. The monoisotopic (exact) mass is 345 g/mol. The molecule has 6 heteroatoms. The minimum atomic E-state index is -1.41. The first kappa shape index (κ1) is 18.1. The number of carboxylic acids is 1. The van der Waals surface area contributed by atoms with E-state index in [1.807, 2.05) is 19.1 Å². The molecule has 1 aromatic heterocycles. The number of hydrogen-bond acceptors (Lipinski definition) is 5. The maximum absolute atomic E-state index is 10.2. The van der Waals surface area contributed by atoms with Crippen LogP contribution in [0.1, 0.15) is 29.5 Å². The first-order valence-electron chi connectivity index (χ1n) is 7.37. The molecule has 4 N–H and O–H groups in total. The van der Waals surface area contributed by atoms with E-state index < -0.39 is 12.1 Å². The summed E-state index contributed by atoms with van der Waals surface area (Å²) in [6, 6.07) is 18.6. The van der Waals surface area contributed by atoms with Crippen molar-refractivity contribution in [2.75, 3.05) is 0 Å². The lowest BCUT2D eigenvalue weighted by Gasteiger charge is -2.03. The number of benzene rings is 2. The highest BCUT2D eigenvalue weighted by Crippen LogP contribution is 2.29. The van der Waals surface area contributed by atoms with Crippen LogP contribution in [0.4, 0.5) is 0 Å². The van der Waals surface area contributed by atoms with Gasteiger partial charge >= 0.3 is 5.97 Å². The SMILES string of the molecule is C[C@H](NO)c1cc2ccccc2s1.O=C(O)[C@@H](O)c1ccccc1. The first-order chi connectivity index (χ1) is 11.5. The Morgan fingerprint density at radius 3 is 2.29 bits per heavy atom. The number of thiophene rings is 1. The number of carbonyl (C=O) groups is 1. The lowest BCUT2D eigenvalue weighted by atomic mass is 10.1. The number of nitrogens with one attached hydrogen (secondary N) is 1. The number of aliphatic hydroxyl groups excluding tert-OH is 1. The van der Waals surface area contributed by atoms with Crippen molar-refractivity contribution in [2.45, 2.75) is 19.1 Å². The molecule has 0 aliphatic heterocycles. The van der Waals surface area contributed by atoms with Crippen LogP contribution >= 0.6 is 11.3 Å². The van der Waals surface area contributed by atoms with Gasteiger partial charge in [0.1, 0.15) is 0 Å². The molecule has 0 unspecified atom stereocenters. The van der Waals surface area contributed by atoms with Gasteiger partial charge in [0.05, 0.1) is 6.04 Å². The molecular weight excluding hydrogens is 326 g/mol. The van der Waals surface area contributed by atoms with Crippen LogP contribution in [0.25, 0.3) is 10.1 Å². The molecule has 1 heterocycles. The van der Waals surface area contributed by atoms with E-state index in [0.717, 1.165) is 4.88 Å². The average molecular weight is 345 g/mol. The van der Waals surface area contributed by atoms with Gasteiger partial charge in [-0.1, -0.05) is 48.5 Å². The van der Waals surface area contributed by atoms with Crippen LogP contribution in [0.3, 0.4) is 0 Å². The van der Waals surface area contributed by atoms with Gasteiger partial charge in [-0.3, -0.25) is 0 Å². The third kappa shape index (κ3) is 4.62. The summed E-state index contributed by atoms with van der Waals surface area (Å²) in [6.07, 6.45) is -1.41. The second-order valence-corrected chi connectivity index (χ2v) is 6.30. The summed E-state index contributed by atoms with van der Waals surface area (Å²) in [4.78, 5) is 11.4. The van der Waals surface area contributed by atoms with Gasteiger partial charge in [-0.15, -0.1) is 11.3 Å². The highest BCUT2D eigenvalue weighted by atomic mass is 32.1. The van der Waals surface area contributed by atoms with E-state index in [0.29, 0.717) is 5.56 Å². The third-order valence-corrected chi connectivity index (χ3v) is 4.71. The van der Waals surface area contributed by atoms with Crippen molar-refractivity contribution in [3.8, 4) is 0 Å². The van der Waals surface area contributed by atoms with Crippen molar-refractivity contribution in [3.05, 3.63) is 71.1 Å². The predicted molar refractivity (Wildman–Crippen MR) is 94.2 cm³/mol. The molecule has 24 heavy (non-hydrogen) atoms. The van der Waals surface area contributed by atoms with Gasteiger partial charge in [0.2, 0.25) is 0 Å². The zero-order valence-electron chi connectivity index (χ0n) is 13.1. The molecule has 3 aromatic rings. The fourth-order valence-electron chi connectivity index (χ4n) is 2.06. The van der Waals surface area contributed by atoms with Crippen LogP contribution in [-0.2, 0) is 4.79 Å². The third-order valence-electron chi connectivity index (χ3n) is 3.41. The number of aliphatic carboxylic acids is 1. The Morgan fingerprint density at radius 2 is 1.71 bits per heavy atom. The quantitative estimate of drug-likeness (QED) is 0.541. The maximum Gasteiger partial charge on any atom is 0.337 e. The van der Waals surface area contributed by atoms with Crippen molar-refractivity contribution in [2.24, 2.45) is 0 Å². The summed E-state index contributed by atoms with van der Waals surface area (Å²) >= 11 is 1.71. The molecular formula is C18H19NO4S. The van der Waals surface area contributed by atoms with E-state index in [1.54, 1.807) is 41.7 Å². The van der Waals surface area contributed by atoms with Crippen LogP contribution in [0.5, 0.6) is 0 Å². The second-order valence-electron chi connectivity index (χ2n) is 5.19. The summed E-state index contributed by atoms with van der Waals surface area (Å²) in [5, 5.41) is 27.4. The van der Waals surface area contributed by atoms with E-state index in [1.165, 1.54) is 10.1 Å². The number of hydroxylamine groups is 1. The fourth-order valence-corrected chi connectivity index (χ4v) is 3.12. The molecule has 0 saturated carbocycles. The molecule has 0 fully saturated rings. The Balaban J connectivity index is 0.000000177. The van der Waals surface area contributed by atoms with E-state index in [4.69, 9.17) is 15.4 Å². The molecule has 0 bridgehead atoms. The largest absolute Gasteiger partial charge is 0.479 e. The van der Waals surface area contributed by atoms with Crippen molar-refractivity contribution in [1.82, 2.24) is 5.48 Å². The van der Waals surface area contributed by atoms with E-state index in [-0.39, 0.29) is 6.04 Å². The van der Waals surface area contributed by atoms with Gasteiger partial charge in [0, 0.05) is 9.58 Å². The van der Waals surface area contributed by atoms with Gasteiger partial charge in [0.15, 0.2) is 6.10 Å². The minimum absolute atomic E-state index is 0.0115. The van der Waals surface area contributed by atoms with Gasteiger partial charge in [-0.2, -0.15) is 5.48 Å². The molecule has 0 amide bonds. The molecule has 0 spiro atoms. The number of aliphatic hydroxyl groups is 1. The Morgan fingerprint density at radius 1 is 1.08 bits per heavy atom. The zero-order valence-corrected chi connectivity index (χ0v) is 13.9. The van der Waals surface area contributed by atoms with Gasteiger partial charge in [0.25, 0.3) is 0 Å². The highest BCUT2D eigenvalue weighted by Gasteiger charge is 2.14. The lowest BCUT2D eigenvalue weighted by Crippen LogP contribution is -2.11. The number of rotatable bonds is 4. The summed E-state index contributed by atoms with van der Waals surface area (Å²) in [7, 11) is 0. The Labute approximate surface area is 143 Å². The molecule has 0 radical (unpaired) electrons. The number of fused-ring (bicyclic) bond motifs is 1. The summed E-state index contributed by atoms with van der Waals surface area (Å²) < 4.78 is 1.26. The van der Waals surface area contributed by atoms with Crippen molar-refractivity contribution >= 4 is 27.4 Å². The molecule has 2 aromatic carbocycles. The molecule has 0 aliphatic carbocycles. The predicted octanol–water partition coefficient (Wildman–Crippen LogP) is 3.75. The normalized spacial score (nSPS) is 13.0. The summed E-state index contributed by atoms with van der Waals surface area (Å²) in [6.45, 7) is 1.94. The minimum Gasteiger partial charge on any atom is -0.479 e. The first-order valence-corrected chi connectivity index (χ1v) is 8.18. The zero-order chi connectivity index (χ0) is 17.5. The number of carboxylic acid groups (broad SMARTS) is 1. The Hall–Kier alpha value is -2.25. The molecule has 3 rings (SSSR count). The van der Waals surface area contributed by atoms with E-state index >= 15 is 0 Å². The van der Waals surface area contributed by atoms with Gasteiger partial charge in [-0.25, -0.2) is 4.79 Å². The van der Waals surface area contributed by atoms with Crippen LogP contribution in [0.2, 0.25) is 0 Å². The molecule has 0 aliphatic rings. The van der Waals surface area contributed by atoms with Gasteiger partial charge in [-0.05, 0) is 30.0 Å². The highest BCUT2D eigenvalue weighted by molar-refractivity contribution is 7.19. The number of hydrogen-bond donors (Lipinski definition) is 4. The topological polar surface area (TPSA) is 89.8 Å². The van der Waals surface area contributed by atoms with Crippen molar-refractivity contribution < 1.29 is 20.2 Å². The fraction of sp³-hybridized carbons (Fsp3) is 0.167. The van der Waals surface area contributed by atoms with Crippen LogP contribution in [0, 0.1) is 0 Å². The van der Waals surface area contributed by atoms with E-state index in [9.17, 15) is 4.79 Å². The molecule has 126 valence electrons. The Bertz CT molecular complexity index is 755. The maximum atomic E-state index is 10.2. The van der Waals surface area contributed by atoms with Crippen LogP contribution in [0.15, 0.2) is 60.7 Å². The second kappa shape index (κ2) is 8.56. The molecule has 2 atom stereocenters. The smallest absolute Gasteiger partial charge is 0.337 e.